The van der Waals surface area contributed by atoms with Crippen molar-refractivity contribution in [3.05, 3.63) is 0 Å². The van der Waals surface area contributed by atoms with E-state index in [0.717, 1.165) is 114 Å². The average Bonchev–Trinajstić information content (AvgIpc) is 3.68. The summed E-state index contributed by atoms with van der Waals surface area (Å²) in [6, 6.07) is 0. The van der Waals surface area contributed by atoms with Crippen molar-refractivity contribution in [2.24, 2.45) is 23.7 Å². The molecule has 516 valence electrons. The number of phosphoric acid groups is 2. The fourth-order valence-corrected chi connectivity index (χ4v) is 11.7. The second-order valence-corrected chi connectivity index (χ2v) is 29.4. The molecule has 0 saturated heterocycles. The van der Waals surface area contributed by atoms with Gasteiger partial charge < -0.3 is 33.8 Å². The number of ether oxygens (including phenoxy) is 4. The molecular weight excluding hydrogens is 1150 g/mol. The highest BCUT2D eigenvalue weighted by molar-refractivity contribution is 7.47. The van der Waals surface area contributed by atoms with E-state index in [2.05, 4.69) is 55.4 Å². The first-order chi connectivity index (χ1) is 41.6. The minimum atomic E-state index is -4.95. The zero-order chi connectivity index (χ0) is 64.7. The normalized spacial score (nSPS) is 14.3. The zero-order valence-electron chi connectivity index (χ0n) is 56.6. The largest absolute Gasteiger partial charge is 0.472 e. The number of carbonyl (C=O) groups is 4. The molecule has 0 radical (unpaired) electrons. The third-order valence-corrected chi connectivity index (χ3v) is 17.5. The molecule has 3 unspecified atom stereocenters. The van der Waals surface area contributed by atoms with E-state index < -0.39 is 97.5 Å². The summed E-state index contributed by atoms with van der Waals surface area (Å²) in [6.07, 6.45) is 39.1. The van der Waals surface area contributed by atoms with Gasteiger partial charge in [-0.05, 0) is 49.4 Å². The Bertz CT molecular complexity index is 1730. The molecule has 17 nitrogen and oxygen atoms in total. The zero-order valence-corrected chi connectivity index (χ0v) is 58.4. The van der Waals surface area contributed by atoms with E-state index in [0.29, 0.717) is 31.6 Å². The van der Waals surface area contributed by atoms with Crippen molar-refractivity contribution in [3.8, 4) is 0 Å². The van der Waals surface area contributed by atoms with Gasteiger partial charge >= 0.3 is 39.5 Å². The number of aliphatic hydroxyl groups is 1. The molecule has 0 rings (SSSR count). The lowest BCUT2D eigenvalue weighted by atomic mass is 10.0. The Hall–Kier alpha value is -1.94. The van der Waals surface area contributed by atoms with E-state index in [9.17, 15) is 43.2 Å². The maximum atomic E-state index is 13.0. The molecule has 0 bridgehead atoms. The van der Waals surface area contributed by atoms with Crippen LogP contribution < -0.4 is 0 Å². The van der Waals surface area contributed by atoms with Crippen LogP contribution in [0, 0.1) is 23.7 Å². The smallest absolute Gasteiger partial charge is 0.462 e. The third kappa shape index (κ3) is 62.6. The predicted octanol–water partition coefficient (Wildman–Crippen LogP) is 18.9. The first-order valence-corrected chi connectivity index (χ1v) is 38.2. The van der Waals surface area contributed by atoms with Crippen molar-refractivity contribution in [2.45, 2.75) is 350 Å². The minimum absolute atomic E-state index is 0.103. The highest BCUT2D eigenvalue weighted by Gasteiger charge is 2.30. The summed E-state index contributed by atoms with van der Waals surface area (Å²) < 4.78 is 68.2. The van der Waals surface area contributed by atoms with Crippen LogP contribution in [0.1, 0.15) is 331 Å². The maximum Gasteiger partial charge on any atom is 0.472 e. The SMILES string of the molecule is CC(C)CCCCCCCCCCCCCC(=O)OC[C@H](COP(=O)(O)OCC(O)COP(=O)(O)OC[C@@H](COC(=O)CCCCCCCCCC(C)C)OC(=O)CCCCCCCCCCC(C)C)OC(=O)CCCCCCCCCCCC(C)C. The molecule has 0 aromatic rings. The van der Waals surface area contributed by atoms with Crippen molar-refractivity contribution < 1.29 is 80.2 Å². The van der Waals surface area contributed by atoms with Crippen molar-refractivity contribution in [1.82, 2.24) is 0 Å². The number of aliphatic hydroxyl groups excluding tert-OH is 1. The quantitative estimate of drug-likeness (QED) is 0.0222. The van der Waals surface area contributed by atoms with Gasteiger partial charge in [0.05, 0.1) is 26.4 Å². The molecule has 0 aliphatic carbocycles. The molecule has 19 heteroatoms. The van der Waals surface area contributed by atoms with E-state index in [1.54, 1.807) is 0 Å². The number of hydrogen-bond acceptors (Lipinski definition) is 15. The Balaban J connectivity index is 5.25. The van der Waals surface area contributed by atoms with Crippen molar-refractivity contribution in [2.75, 3.05) is 39.6 Å². The van der Waals surface area contributed by atoms with Gasteiger partial charge in [-0.15, -0.1) is 0 Å². The number of hydrogen-bond donors (Lipinski definition) is 3. The van der Waals surface area contributed by atoms with Crippen molar-refractivity contribution in [1.29, 1.82) is 0 Å². The van der Waals surface area contributed by atoms with Crippen LogP contribution >= 0.6 is 15.6 Å². The summed E-state index contributed by atoms with van der Waals surface area (Å²) in [5.74, 6) is 0.796. The van der Waals surface area contributed by atoms with E-state index >= 15 is 0 Å². The number of phosphoric ester groups is 2. The van der Waals surface area contributed by atoms with Crippen LogP contribution in [-0.4, -0.2) is 96.7 Å². The van der Waals surface area contributed by atoms with Crippen LogP contribution in [0.3, 0.4) is 0 Å². The number of unbranched alkanes of at least 4 members (excludes halogenated alkanes) is 31. The molecule has 0 aliphatic rings. The molecule has 0 fully saturated rings. The molecule has 0 aromatic carbocycles. The van der Waals surface area contributed by atoms with Gasteiger partial charge in [-0.25, -0.2) is 9.13 Å². The van der Waals surface area contributed by atoms with Gasteiger partial charge in [-0.2, -0.15) is 0 Å². The topological polar surface area (TPSA) is 237 Å². The first-order valence-electron chi connectivity index (χ1n) is 35.2. The monoisotopic (exact) mass is 1280 g/mol. The Morgan fingerprint density at radius 1 is 0.287 bits per heavy atom. The predicted molar refractivity (Wildman–Crippen MR) is 349 cm³/mol. The van der Waals surface area contributed by atoms with E-state index in [1.165, 1.54) is 128 Å². The van der Waals surface area contributed by atoms with Crippen LogP contribution in [0.25, 0.3) is 0 Å². The van der Waals surface area contributed by atoms with Gasteiger partial charge in [0, 0.05) is 25.7 Å². The number of esters is 4. The second-order valence-electron chi connectivity index (χ2n) is 26.5. The van der Waals surface area contributed by atoms with E-state index in [-0.39, 0.29) is 25.7 Å². The summed E-state index contributed by atoms with van der Waals surface area (Å²) in [5, 5.41) is 10.6. The summed E-state index contributed by atoms with van der Waals surface area (Å²) in [5.41, 5.74) is 0. The summed E-state index contributed by atoms with van der Waals surface area (Å²) in [6.45, 7) is 14.0. The van der Waals surface area contributed by atoms with Crippen molar-refractivity contribution >= 4 is 39.5 Å². The Labute approximate surface area is 530 Å². The molecule has 0 amide bonds. The van der Waals surface area contributed by atoms with Crippen LogP contribution in [0.2, 0.25) is 0 Å². The van der Waals surface area contributed by atoms with E-state index in [1.807, 2.05) is 0 Å². The molecule has 0 aromatic heterocycles. The Morgan fingerprint density at radius 3 is 0.713 bits per heavy atom. The van der Waals surface area contributed by atoms with Gasteiger partial charge in [-0.1, -0.05) is 280 Å². The molecule has 5 atom stereocenters. The van der Waals surface area contributed by atoms with Gasteiger partial charge in [0.2, 0.25) is 0 Å². The van der Waals surface area contributed by atoms with Gasteiger partial charge in [0.25, 0.3) is 0 Å². The molecule has 0 saturated carbocycles. The maximum absolute atomic E-state index is 13.0. The van der Waals surface area contributed by atoms with Crippen LogP contribution in [0.4, 0.5) is 0 Å². The Kier molecular flexibility index (Phi) is 56.6. The van der Waals surface area contributed by atoms with Gasteiger partial charge in [0.15, 0.2) is 12.2 Å². The lowest BCUT2D eigenvalue weighted by Crippen LogP contribution is -2.30. The minimum Gasteiger partial charge on any atom is -0.462 e. The fraction of sp³-hybridized carbons (Fsp3) is 0.941. The molecule has 87 heavy (non-hydrogen) atoms. The Morgan fingerprint density at radius 2 is 0.483 bits per heavy atom. The van der Waals surface area contributed by atoms with Crippen LogP contribution in [0.5, 0.6) is 0 Å². The van der Waals surface area contributed by atoms with Gasteiger partial charge in [0.1, 0.15) is 19.3 Å². The van der Waals surface area contributed by atoms with Crippen molar-refractivity contribution in [3.63, 3.8) is 0 Å². The van der Waals surface area contributed by atoms with Crippen LogP contribution in [-0.2, 0) is 65.4 Å². The molecular formula is C68H132O17P2. The van der Waals surface area contributed by atoms with Gasteiger partial charge in [-0.3, -0.25) is 37.3 Å². The third-order valence-electron chi connectivity index (χ3n) is 15.6. The molecule has 3 N–H and O–H groups in total. The highest BCUT2D eigenvalue weighted by atomic mass is 31.2. The fourth-order valence-electron chi connectivity index (χ4n) is 10.1. The second kappa shape index (κ2) is 57.9. The summed E-state index contributed by atoms with van der Waals surface area (Å²) >= 11 is 0. The lowest BCUT2D eigenvalue weighted by Gasteiger charge is -2.21. The summed E-state index contributed by atoms with van der Waals surface area (Å²) in [7, 11) is -9.90. The number of rotatable bonds is 65. The first kappa shape index (κ1) is 85.1. The molecule has 0 aliphatic heterocycles. The standard InChI is InChI=1S/C68H132O17P2/c1-58(2)44-36-28-20-13-10-9-11-15-24-32-40-48-65(70)78-54-63(84-67(72)50-42-34-25-16-12-14-21-29-37-45-59(3)4)56-82-86(74,75)80-52-62(69)53-81-87(76,77)83-57-64(55-79-66(71)49-41-33-27-19-23-31-39-47-61(7)8)85-68(73)51-43-35-26-18-17-22-30-38-46-60(5)6/h58-64,69H,9-57H2,1-8H3,(H,74,75)(H,76,77)/t62?,63-,64-/m1/s1. The van der Waals surface area contributed by atoms with E-state index in [4.69, 9.17) is 37.0 Å². The molecule has 0 heterocycles. The number of carbonyl (C=O) groups excluding carboxylic acids is 4. The summed E-state index contributed by atoms with van der Waals surface area (Å²) in [4.78, 5) is 72.4. The van der Waals surface area contributed by atoms with Crippen LogP contribution in [0.15, 0.2) is 0 Å². The highest BCUT2D eigenvalue weighted by Crippen LogP contribution is 2.45. The molecule has 0 spiro atoms. The lowest BCUT2D eigenvalue weighted by molar-refractivity contribution is -0.161. The average molecular weight is 1280 g/mol.